The van der Waals surface area contributed by atoms with Crippen LogP contribution in [0.25, 0.3) is 21.6 Å². The van der Waals surface area contributed by atoms with Crippen molar-refractivity contribution in [2.24, 2.45) is 0 Å². The number of ether oxygens (including phenoxy) is 2. The minimum absolute atomic E-state index is 0.152. The monoisotopic (exact) mass is 387 g/mol. The van der Waals surface area contributed by atoms with Crippen LogP contribution < -0.4 is 15.0 Å². The van der Waals surface area contributed by atoms with Crippen molar-refractivity contribution in [2.45, 2.75) is 25.7 Å². The molecule has 0 saturated carbocycles. The Balaban J connectivity index is 1.97. The Kier molecular flexibility index (Phi) is 4.31. The minimum atomic E-state index is -0.527. The van der Waals surface area contributed by atoms with E-state index >= 15 is 0 Å². The fourth-order valence-electron chi connectivity index (χ4n) is 3.50. The van der Waals surface area contributed by atoms with Crippen LogP contribution in [-0.4, -0.2) is 29.1 Å². The quantitative estimate of drug-likeness (QED) is 0.543. The van der Waals surface area contributed by atoms with Gasteiger partial charge in [-0.25, -0.2) is 4.98 Å². The number of aromatic nitrogens is 2. The molecule has 0 spiro atoms. The molecule has 1 aliphatic rings. The second kappa shape index (κ2) is 6.66. The molecule has 0 saturated heterocycles. The molecule has 140 valence electrons. The van der Waals surface area contributed by atoms with Gasteiger partial charge in [-0.15, -0.1) is 11.3 Å². The maximum absolute atomic E-state index is 12.7. The zero-order chi connectivity index (χ0) is 19.1. The smallest absolute Gasteiger partial charge is 0.284 e. The highest BCUT2D eigenvalue weighted by Crippen LogP contribution is 2.40. The summed E-state index contributed by atoms with van der Waals surface area (Å²) in [6.45, 7) is 0. The zero-order valence-corrected chi connectivity index (χ0v) is 15.6. The Labute approximate surface area is 157 Å². The first-order chi connectivity index (χ1) is 13.0. The molecule has 27 heavy (non-hydrogen) atoms. The molecule has 3 aromatic rings. The molecule has 1 aliphatic carbocycles. The maximum Gasteiger partial charge on any atom is 0.284 e. The number of fused-ring (bicyclic) bond motifs is 3. The molecule has 0 radical (unpaired) electrons. The first kappa shape index (κ1) is 17.5. The summed E-state index contributed by atoms with van der Waals surface area (Å²) in [6.07, 6.45) is 3.98. The molecule has 9 heteroatoms. The predicted molar refractivity (Wildman–Crippen MR) is 102 cm³/mol. The number of hydrogen-bond acceptors (Lipinski definition) is 7. The number of nitrogens with zero attached hydrogens (tertiary/aromatic N) is 2. The van der Waals surface area contributed by atoms with Gasteiger partial charge in [-0.3, -0.25) is 14.9 Å². The Hall–Kier alpha value is -2.94. The third-order valence-electron chi connectivity index (χ3n) is 4.78. The molecule has 4 rings (SSSR count). The number of hydrogen-bond donors (Lipinski definition) is 1. The molecular formula is C18H17N3O5S. The van der Waals surface area contributed by atoms with Gasteiger partial charge in [0.25, 0.3) is 11.2 Å². The molecule has 1 N–H and O–H groups in total. The van der Waals surface area contributed by atoms with Gasteiger partial charge in [0.15, 0.2) is 11.5 Å². The van der Waals surface area contributed by atoms with E-state index in [0.717, 1.165) is 31.2 Å². The van der Waals surface area contributed by atoms with E-state index in [1.54, 1.807) is 0 Å². The number of nitro benzene ring substituents is 1. The fraction of sp³-hybridized carbons (Fsp3) is 0.333. The van der Waals surface area contributed by atoms with Gasteiger partial charge < -0.3 is 14.5 Å². The first-order valence-corrected chi connectivity index (χ1v) is 9.30. The predicted octanol–water partition coefficient (Wildman–Crippen LogP) is 3.46. The van der Waals surface area contributed by atoms with Gasteiger partial charge in [-0.1, -0.05) is 0 Å². The van der Waals surface area contributed by atoms with Crippen LogP contribution >= 0.6 is 11.3 Å². The molecule has 2 aromatic heterocycles. The molecule has 2 heterocycles. The Bertz CT molecular complexity index is 1120. The molecule has 0 fully saturated rings. The number of thiophene rings is 1. The number of benzene rings is 1. The lowest BCUT2D eigenvalue weighted by atomic mass is 9.97. The summed E-state index contributed by atoms with van der Waals surface area (Å²) in [5.41, 5.74) is 0.779. The summed E-state index contributed by atoms with van der Waals surface area (Å²) in [6, 6.07) is 2.74. The Morgan fingerprint density at radius 3 is 2.59 bits per heavy atom. The van der Waals surface area contributed by atoms with Crippen LogP contribution in [0.2, 0.25) is 0 Å². The van der Waals surface area contributed by atoms with Crippen LogP contribution in [0, 0.1) is 10.1 Å². The van der Waals surface area contributed by atoms with Crippen LogP contribution in [0.15, 0.2) is 16.9 Å². The van der Waals surface area contributed by atoms with Crippen molar-refractivity contribution in [2.75, 3.05) is 14.2 Å². The number of H-pyrrole nitrogens is 1. The van der Waals surface area contributed by atoms with E-state index in [-0.39, 0.29) is 28.4 Å². The van der Waals surface area contributed by atoms with Crippen LogP contribution in [0.1, 0.15) is 23.3 Å². The van der Waals surface area contributed by atoms with Crippen LogP contribution in [-0.2, 0) is 12.8 Å². The molecular weight excluding hydrogens is 370 g/mol. The van der Waals surface area contributed by atoms with E-state index < -0.39 is 4.92 Å². The average Bonchev–Trinajstić information content (AvgIpc) is 3.05. The molecule has 0 aliphatic heterocycles. The van der Waals surface area contributed by atoms with Crippen molar-refractivity contribution in [3.05, 3.63) is 43.0 Å². The number of nitrogens with one attached hydrogen (secondary N) is 1. The summed E-state index contributed by atoms with van der Waals surface area (Å²) in [7, 11) is 2.85. The highest BCUT2D eigenvalue weighted by atomic mass is 32.1. The number of nitro groups is 1. The molecule has 0 atom stereocenters. The second-order valence-electron chi connectivity index (χ2n) is 6.29. The fourth-order valence-corrected chi connectivity index (χ4v) is 4.76. The van der Waals surface area contributed by atoms with Crippen molar-refractivity contribution in [1.82, 2.24) is 9.97 Å². The molecule has 0 amide bonds. The zero-order valence-electron chi connectivity index (χ0n) is 14.8. The first-order valence-electron chi connectivity index (χ1n) is 8.48. The van der Waals surface area contributed by atoms with E-state index in [0.29, 0.717) is 16.0 Å². The lowest BCUT2D eigenvalue weighted by Crippen LogP contribution is -2.11. The van der Waals surface area contributed by atoms with Gasteiger partial charge in [0, 0.05) is 10.9 Å². The third-order valence-corrected chi connectivity index (χ3v) is 5.96. The largest absolute Gasteiger partial charge is 0.493 e. The lowest BCUT2D eigenvalue weighted by Gasteiger charge is -2.11. The molecule has 8 nitrogen and oxygen atoms in total. The molecule has 0 bridgehead atoms. The van der Waals surface area contributed by atoms with Crippen molar-refractivity contribution in [3.8, 4) is 22.9 Å². The standard InChI is InChI=1S/C18H17N3O5S/c1-25-12-7-10(11(21(23)24)8-13(12)26-2)16-19-17(22)15-9-5-3-4-6-14(9)27-18(15)20-16/h7-8H,3-6H2,1-2H3,(H,19,20,22). The van der Waals surface area contributed by atoms with E-state index in [4.69, 9.17) is 9.47 Å². The van der Waals surface area contributed by atoms with Gasteiger partial charge in [0.1, 0.15) is 10.7 Å². The second-order valence-corrected chi connectivity index (χ2v) is 7.37. The normalized spacial score (nSPS) is 13.4. The van der Waals surface area contributed by atoms with E-state index in [1.807, 2.05) is 0 Å². The topological polar surface area (TPSA) is 107 Å². The SMILES string of the molecule is COc1cc(-c2nc3sc4c(c3c(=O)[nH]2)CCCC4)c([N+](=O)[O-])cc1OC. The average molecular weight is 387 g/mol. The van der Waals surface area contributed by atoms with Crippen LogP contribution in [0.5, 0.6) is 11.5 Å². The van der Waals surface area contributed by atoms with E-state index in [9.17, 15) is 14.9 Å². The van der Waals surface area contributed by atoms with Gasteiger partial charge in [0.2, 0.25) is 0 Å². The number of methoxy groups -OCH3 is 2. The number of aromatic amines is 1. The van der Waals surface area contributed by atoms with Crippen molar-refractivity contribution in [1.29, 1.82) is 0 Å². The highest BCUT2D eigenvalue weighted by molar-refractivity contribution is 7.18. The van der Waals surface area contributed by atoms with Crippen LogP contribution in [0.4, 0.5) is 5.69 Å². The van der Waals surface area contributed by atoms with E-state index in [1.165, 1.54) is 42.6 Å². The van der Waals surface area contributed by atoms with Crippen molar-refractivity contribution >= 4 is 27.2 Å². The maximum atomic E-state index is 12.7. The van der Waals surface area contributed by atoms with Crippen molar-refractivity contribution in [3.63, 3.8) is 0 Å². The summed E-state index contributed by atoms with van der Waals surface area (Å²) < 4.78 is 10.4. The Morgan fingerprint density at radius 1 is 1.19 bits per heavy atom. The summed E-state index contributed by atoms with van der Waals surface area (Å²) in [5.74, 6) is 0.716. The van der Waals surface area contributed by atoms with E-state index in [2.05, 4.69) is 9.97 Å². The Morgan fingerprint density at radius 2 is 1.89 bits per heavy atom. The van der Waals surface area contributed by atoms with Crippen molar-refractivity contribution < 1.29 is 14.4 Å². The molecule has 1 aromatic carbocycles. The van der Waals surface area contributed by atoms with Gasteiger partial charge in [-0.2, -0.15) is 0 Å². The summed E-state index contributed by atoms with van der Waals surface area (Å²) >= 11 is 1.50. The number of aryl methyl sites for hydroxylation is 2. The highest BCUT2D eigenvalue weighted by Gasteiger charge is 2.25. The van der Waals surface area contributed by atoms with Crippen LogP contribution in [0.3, 0.4) is 0 Å². The summed E-state index contributed by atoms with van der Waals surface area (Å²) in [5, 5.41) is 12.2. The third kappa shape index (κ3) is 2.84. The molecule has 0 unspecified atom stereocenters. The number of rotatable bonds is 4. The summed E-state index contributed by atoms with van der Waals surface area (Å²) in [4.78, 5) is 32.9. The minimum Gasteiger partial charge on any atom is -0.493 e. The van der Waals surface area contributed by atoms with Gasteiger partial charge in [-0.05, 0) is 31.2 Å². The van der Waals surface area contributed by atoms with Gasteiger partial charge in [0.05, 0.1) is 36.2 Å². The lowest BCUT2D eigenvalue weighted by molar-refractivity contribution is -0.384. The van der Waals surface area contributed by atoms with Gasteiger partial charge >= 0.3 is 0 Å².